The molecule has 4 rings (SSSR count). The number of aromatic hydroxyl groups is 1. The van der Waals surface area contributed by atoms with Crippen molar-refractivity contribution >= 4 is 35.4 Å². The number of hydrazine groups is 1. The van der Waals surface area contributed by atoms with E-state index in [0.717, 1.165) is 0 Å². The number of allylic oxidation sites excluding steroid dienone is 5. The van der Waals surface area contributed by atoms with Crippen molar-refractivity contribution in [3.05, 3.63) is 77.9 Å². The molecule has 4 amide bonds. The number of cyclic esters (lactones) is 1. The van der Waals surface area contributed by atoms with Crippen molar-refractivity contribution in [2.75, 3.05) is 32.8 Å². The largest absolute Gasteiger partial charge is 0.508 e. The Hall–Kier alpha value is -5.12. The minimum absolute atomic E-state index is 0.0520. The number of Topliss-reactive ketones (excluding diaryl/α,β-unsaturated/α-hetero) is 1. The standard InChI is InChI=1S/C44H61N5O10/c1-28(2)38-42(55)46-39(32-15-11-16-33(51)27-32)43(56)49-22-12-17-35(47-49)44(57)59-36(29(3)14-10-19-37(52)48-23-25-58-26-24-48)18-9-7-6-8-13-30(4)40(53)34(41(54)45-38)21-20-31(5)50/h6-11,14-16,19,27-28,30,34-36,38-40,47,51,53H,12-13,17-18,20-26H2,1-5H3,(H,45,54)(H,46,55)/b8-6+,9-7+,19-10+,29-14+/t30-,34+,35?,36-,38-,39?,40+/m0/s1. The molecule has 15 nitrogen and oxygen atoms in total. The smallest absolute Gasteiger partial charge is 0.325 e. The summed E-state index contributed by atoms with van der Waals surface area (Å²) in [7, 11) is 0. The van der Waals surface area contributed by atoms with Gasteiger partial charge in [0.1, 0.15) is 35.8 Å². The minimum atomic E-state index is -1.34. The van der Waals surface area contributed by atoms with E-state index in [1.807, 2.05) is 12.2 Å². The number of hydrogen-bond acceptors (Lipinski definition) is 11. The van der Waals surface area contributed by atoms with Crippen LogP contribution in [0.15, 0.2) is 72.4 Å². The molecule has 0 aromatic heterocycles. The summed E-state index contributed by atoms with van der Waals surface area (Å²) in [6, 6.07) is 2.50. The summed E-state index contributed by atoms with van der Waals surface area (Å²) < 4.78 is 11.4. The second-order valence-corrected chi connectivity index (χ2v) is 15.9. The topological polar surface area (TPSA) is 204 Å². The Morgan fingerprint density at radius 1 is 0.983 bits per heavy atom. The number of aliphatic hydroxyl groups excluding tert-OH is 1. The highest BCUT2D eigenvalue weighted by molar-refractivity contribution is 5.93. The Morgan fingerprint density at radius 3 is 2.37 bits per heavy atom. The van der Waals surface area contributed by atoms with Crippen LogP contribution >= 0.6 is 0 Å². The maximum Gasteiger partial charge on any atom is 0.325 e. The van der Waals surface area contributed by atoms with Crippen LogP contribution in [0.2, 0.25) is 0 Å². The Kier molecular flexibility index (Phi) is 18.1. The van der Waals surface area contributed by atoms with Crippen molar-refractivity contribution in [1.29, 1.82) is 0 Å². The number of nitrogens with zero attached hydrogens (tertiary/aromatic N) is 2. The van der Waals surface area contributed by atoms with Gasteiger partial charge in [-0.1, -0.05) is 69.4 Å². The van der Waals surface area contributed by atoms with E-state index in [4.69, 9.17) is 9.47 Å². The van der Waals surface area contributed by atoms with Gasteiger partial charge in [-0.15, -0.1) is 0 Å². The first-order chi connectivity index (χ1) is 28.2. The van der Waals surface area contributed by atoms with Gasteiger partial charge in [-0.2, -0.15) is 0 Å². The number of nitrogens with one attached hydrogen (secondary N) is 3. The molecular formula is C44H61N5O10. The van der Waals surface area contributed by atoms with Gasteiger partial charge in [0.25, 0.3) is 5.91 Å². The van der Waals surface area contributed by atoms with E-state index in [-0.39, 0.29) is 48.8 Å². The second kappa shape index (κ2) is 22.9. The molecule has 5 N–H and O–H groups in total. The summed E-state index contributed by atoms with van der Waals surface area (Å²) in [5.74, 6) is -4.80. The van der Waals surface area contributed by atoms with Crippen LogP contribution in [0.3, 0.4) is 0 Å². The van der Waals surface area contributed by atoms with Gasteiger partial charge in [-0.3, -0.25) is 29.0 Å². The number of phenolic OH excluding ortho intramolecular Hbond substituents is 1. The molecule has 2 saturated heterocycles. The van der Waals surface area contributed by atoms with Gasteiger partial charge in [-0.25, -0.2) is 5.43 Å². The number of carbonyl (C=O) groups is 6. The normalized spacial score (nSPS) is 28.5. The summed E-state index contributed by atoms with van der Waals surface area (Å²) in [6.45, 7) is 10.6. The molecule has 7 atom stereocenters. The summed E-state index contributed by atoms with van der Waals surface area (Å²) in [6.07, 6.45) is 11.8. The van der Waals surface area contributed by atoms with Crippen molar-refractivity contribution in [3.8, 4) is 5.75 Å². The van der Waals surface area contributed by atoms with Crippen LogP contribution in [0.4, 0.5) is 0 Å². The van der Waals surface area contributed by atoms with Crippen LogP contribution < -0.4 is 16.1 Å². The third-order valence-corrected chi connectivity index (χ3v) is 10.8. The number of ether oxygens (including phenoxy) is 2. The highest BCUT2D eigenvalue weighted by atomic mass is 16.5. The van der Waals surface area contributed by atoms with Gasteiger partial charge in [-0.05, 0) is 74.6 Å². The van der Waals surface area contributed by atoms with E-state index in [0.29, 0.717) is 51.1 Å². The van der Waals surface area contributed by atoms with Gasteiger partial charge in [0.2, 0.25) is 17.7 Å². The molecule has 322 valence electrons. The van der Waals surface area contributed by atoms with Gasteiger partial charge < -0.3 is 40.0 Å². The zero-order valence-corrected chi connectivity index (χ0v) is 34.8. The molecule has 0 aliphatic carbocycles. The fourth-order valence-corrected chi connectivity index (χ4v) is 7.12. The minimum Gasteiger partial charge on any atom is -0.508 e. The van der Waals surface area contributed by atoms with Crippen LogP contribution in [-0.2, 0) is 38.2 Å². The van der Waals surface area contributed by atoms with E-state index < -0.39 is 71.8 Å². The number of carbonyl (C=O) groups excluding carboxylic acids is 6. The SMILES string of the molecule is CC(=O)CC[C@H]1C(=O)N[C@@H](C(C)C)C(=O)NC(c2cccc(O)c2)C(=O)N2CCCC(N2)C(=O)O[C@H](/C(C)=C/C=C/C(=O)N2CCOCC2)C/C=C/C=C/C[C@H](C)[C@H]1O. The maximum atomic E-state index is 14.3. The number of rotatable bonds is 8. The first kappa shape index (κ1) is 46.6. The van der Waals surface area contributed by atoms with E-state index in [1.54, 1.807) is 63.0 Å². The molecule has 1 aromatic carbocycles. The molecule has 3 aliphatic rings. The van der Waals surface area contributed by atoms with Crippen LogP contribution in [0.1, 0.15) is 84.7 Å². The van der Waals surface area contributed by atoms with Crippen molar-refractivity contribution in [2.45, 2.75) is 103 Å². The lowest BCUT2D eigenvalue weighted by molar-refractivity contribution is -0.156. The number of hydrogen-bond donors (Lipinski definition) is 5. The molecule has 0 saturated carbocycles. The summed E-state index contributed by atoms with van der Waals surface area (Å²) in [5, 5.41) is 28.7. The van der Waals surface area contributed by atoms with E-state index >= 15 is 0 Å². The lowest BCUT2D eigenvalue weighted by atomic mass is 9.85. The summed E-state index contributed by atoms with van der Waals surface area (Å²) >= 11 is 0. The Morgan fingerprint density at radius 2 is 1.69 bits per heavy atom. The third kappa shape index (κ3) is 14.0. The number of phenols is 1. The molecule has 2 bridgehead atoms. The quantitative estimate of drug-likeness (QED) is 0.146. The zero-order chi connectivity index (χ0) is 43.1. The molecular weight excluding hydrogens is 759 g/mol. The van der Waals surface area contributed by atoms with E-state index in [9.17, 15) is 39.0 Å². The van der Waals surface area contributed by atoms with E-state index in [1.165, 1.54) is 36.2 Å². The Bertz CT molecular complexity index is 1770. The molecule has 3 heterocycles. The van der Waals surface area contributed by atoms with Gasteiger partial charge in [0, 0.05) is 38.6 Å². The molecule has 1 aromatic rings. The van der Waals surface area contributed by atoms with Crippen molar-refractivity contribution < 1.29 is 48.5 Å². The van der Waals surface area contributed by atoms with Crippen LogP contribution in [0.25, 0.3) is 0 Å². The summed E-state index contributed by atoms with van der Waals surface area (Å²) in [4.78, 5) is 82.5. The van der Waals surface area contributed by atoms with Crippen molar-refractivity contribution in [3.63, 3.8) is 0 Å². The zero-order valence-electron chi connectivity index (χ0n) is 34.8. The molecule has 0 spiro atoms. The highest BCUT2D eigenvalue weighted by Crippen LogP contribution is 2.25. The fraction of sp³-hybridized carbons (Fsp3) is 0.545. The van der Waals surface area contributed by atoms with Crippen LogP contribution in [-0.4, -0.2) is 113 Å². The van der Waals surface area contributed by atoms with E-state index in [2.05, 4.69) is 16.1 Å². The number of fused-ring (bicyclic) bond motifs is 2. The fourth-order valence-electron chi connectivity index (χ4n) is 7.12. The Balaban J connectivity index is 1.69. The number of morpholine rings is 1. The predicted octanol–water partition coefficient (Wildman–Crippen LogP) is 3.35. The van der Waals surface area contributed by atoms with Gasteiger partial charge >= 0.3 is 5.97 Å². The summed E-state index contributed by atoms with van der Waals surface area (Å²) in [5.41, 5.74) is 3.94. The number of amides is 4. The van der Waals surface area contributed by atoms with Gasteiger partial charge in [0.15, 0.2) is 0 Å². The molecule has 2 unspecified atom stereocenters. The number of esters is 1. The molecule has 2 fully saturated rings. The Labute approximate surface area is 346 Å². The molecule has 0 radical (unpaired) electrons. The average molecular weight is 820 g/mol. The van der Waals surface area contributed by atoms with Crippen molar-refractivity contribution in [1.82, 2.24) is 26.0 Å². The van der Waals surface area contributed by atoms with Gasteiger partial charge in [0.05, 0.1) is 25.2 Å². The first-order valence-electron chi connectivity index (χ1n) is 20.5. The monoisotopic (exact) mass is 819 g/mol. The van der Waals surface area contributed by atoms with Crippen LogP contribution in [0, 0.1) is 17.8 Å². The lowest BCUT2D eigenvalue weighted by Gasteiger charge is -2.36. The number of ketones is 1. The van der Waals surface area contributed by atoms with Crippen molar-refractivity contribution in [2.24, 2.45) is 17.8 Å². The second-order valence-electron chi connectivity index (χ2n) is 15.9. The lowest BCUT2D eigenvalue weighted by Crippen LogP contribution is -2.59. The number of aliphatic hydroxyl groups is 1. The highest BCUT2D eigenvalue weighted by Gasteiger charge is 2.38. The number of benzene rings is 1. The predicted molar refractivity (Wildman–Crippen MR) is 220 cm³/mol. The first-order valence-corrected chi connectivity index (χ1v) is 20.5. The maximum absolute atomic E-state index is 14.3. The average Bonchev–Trinajstić information content (AvgIpc) is 3.21. The molecule has 59 heavy (non-hydrogen) atoms. The molecule has 3 aliphatic heterocycles. The molecule has 15 heteroatoms. The van der Waals surface area contributed by atoms with Crippen LogP contribution in [0.5, 0.6) is 5.75 Å². The third-order valence-electron chi connectivity index (χ3n) is 10.8.